The summed E-state index contributed by atoms with van der Waals surface area (Å²) in [5.41, 5.74) is 2.79. The zero-order chi connectivity index (χ0) is 31.2. The van der Waals surface area contributed by atoms with Crippen molar-refractivity contribution in [2.45, 2.75) is 33.0 Å². The van der Waals surface area contributed by atoms with Crippen LogP contribution < -0.4 is 18.9 Å². The highest BCUT2D eigenvalue weighted by Gasteiger charge is 2.14. The minimum Gasteiger partial charge on any atom is -0.497 e. The molecule has 0 aromatic heterocycles. The van der Waals surface area contributed by atoms with E-state index in [0.717, 1.165) is 28.9 Å². The fourth-order valence-electron chi connectivity index (χ4n) is 3.78. The Bertz CT molecular complexity index is 1520. The lowest BCUT2D eigenvalue weighted by atomic mass is 10.0. The molecule has 0 radical (unpaired) electrons. The van der Waals surface area contributed by atoms with Crippen LogP contribution >= 0.6 is 23.2 Å². The Morgan fingerprint density at radius 1 is 0.674 bits per heavy atom. The molecule has 4 aromatic rings. The van der Waals surface area contributed by atoms with Crippen molar-refractivity contribution < 1.29 is 33.3 Å². The van der Waals surface area contributed by atoms with Crippen molar-refractivity contribution in [1.29, 1.82) is 0 Å². The molecule has 0 aliphatic heterocycles. The van der Waals surface area contributed by atoms with Crippen LogP contribution in [0.3, 0.4) is 0 Å². The Morgan fingerprint density at radius 2 is 1.16 bits per heavy atom. The number of benzene rings is 4. The average molecular weight is 624 g/mol. The third kappa shape index (κ3) is 10.8. The Hall–Kier alpha value is -4.33. The van der Waals surface area contributed by atoms with Gasteiger partial charge >= 0.3 is 0 Å². The minimum atomic E-state index is -0.155. The monoisotopic (exact) mass is 622 g/mol. The van der Waals surface area contributed by atoms with E-state index in [1.807, 2.05) is 48.5 Å². The van der Waals surface area contributed by atoms with Gasteiger partial charge in [-0.05, 0) is 78.7 Å². The molecule has 0 N–H and O–H groups in total. The summed E-state index contributed by atoms with van der Waals surface area (Å²) in [6, 6.07) is 24.9. The lowest BCUT2D eigenvalue weighted by molar-refractivity contribution is -0.117. The summed E-state index contributed by atoms with van der Waals surface area (Å²) in [7, 11) is 3.23. The number of carbonyl (C=O) groups excluding carboxylic acids is 3. The van der Waals surface area contributed by atoms with Gasteiger partial charge in [0.1, 0.15) is 42.0 Å². The van der Waals surface area contributed by atoms with E-state index >= 15 is 0 Å². The SMILES string of the molecule is COc1ccc(COc2ccc(Cl)cc2C(=O)CCC(C)=O)cc1.COc1ccc(COc2ccc(Cl)cc2C=O)cc1. The van der Waals surface area contributed by atoms with Gasteiger partial charge in [-0.2, -0.15) is 0 Å². The van der Waals surface area contributed by atoms with Gasteiger partial charge < -0.3 is 23.7 Å². The van der Waals surface area contributed by atoms with Crippen molar-refractivity contribution in [3.05, 3.63) is 117 Å². The maximum atomic E-state index is 12.3. The first-order valence-corrected chi connectivity index (χ1v) is 14.1. The highest BCUT2D eigenvalue weighted by molar-refractivity contribution is 6.31. The standard InChI is InChI=1S/C19H19ClO4.C15H13ClO3/c1-13(21)3-9-18(22)17-11-15(20)6-10-19(17)24-12-14-4-7-16(23-2)8-5-14;1-18-14-5-2-11(3-6-14)10-19-15-7-4-13(16)8-12(15)9-17/h4-8,10-11H,3,9,12H2,1-2H3;2-9H,10H2,1H3. The quantitative estimate of drug-likeness (QED) is 0.110. The molecule has 224 valence electrons. The molecule has 9 heteroatoms. The summed E-state index contributed by atoms with van der Waals surface area (Å²) in [4.78, 5) is 34.3. The number of hydrogen-bond acceptors (Lipinski definition) is 7. The summed E-state index contributed by atoms with van der Waals surface area (Å²) in [5.74, 6) is 2.37. The van der Waals surface area contributed by atoms with Gasteiger partial charge in [-0.25, -0.2) is 0 Å². The van der Waals surface area contributed by atoms with Gasteiger partial charge in [-0.15, -0.1) is 0 Å². The smallest absolute Gasteiger partial charge is 0.167 e. The van der Waals surface area contributed by atoms with Crippen LogP contribution in [0.15, 0.2) is 84.9 Å². The number of ether oxygens (including phenoxy) is 4. The van der Waals surface area contributed by atoms with E-state index in [2.05, 4.69) is 0 Å². The van der Waals surface area contributed by atoms with Crippen LogP contribution in [0, 0.1) is 0 Å². The van der Waals surface area contributed by atoms with E-state index in [9.17, 15) is 14.4 Å². The molecule has 0 unspecified atom stereocenters. The zero-order valence-corrected chi connectivity index (χ0v) is 25.6. The topological polar surface area (TPSA) is 88.1 Å². The first kappa shape index (κ1) is 33.2. The molecule has 4 aromatic carbocycles. The second-order valence-corrected chi connectivity index (χ2v) is 10.2. The molecule has 0 atom stereocenters. The third-order valence-electron chi connectivity index (χ3n) is 6.15. The highest BCUT2D eigenvalue weighted by Crippen LogP contribution is 2.26. The Morgan fingerprint density at radius 3 is 1.65 bits per heavy atom. The molecule has 0 bridgehead atoms. The largest absolute Gasteiger partial charge is 0.497 e. The van der Waals surface area contributed by atoms with Gasteiger partial charge in [0, 0.05) is 22.9 Å². The Kier molecular flexibility index (Phi) is 13.1. The number of rotatable bonds is 13. The minimum absolute atomic E-state index is 0.0221. The predicted octanol–water partition coefficient (Wildman–Crippen LogP) is 8.22. The summed E-state index contributed by atoms with van der Waals surface area (Å²) in [6.45, 7) is 2.16. The summed E-state index contributed by atoms with van der Waals surface area (Å²) < 4.78 is 21.6. The summed E-state index contributed by atoms with van der Waals surface area (Å²) in [5, 5.41) is 0.969. The number of carbonyl (C=O) groups is 3. The highest BCUT2D eigenvalue weighted by atomic mass is 35.5. The van der Waals surface area contributed by atoms with Crippen molar-refractivity contribution >= 4 is 41.1 Å². The lowest BCUT2D eigenvalue weighted by Crippen LogP contribution is -2.06. The number of aldehydes is 1. The average Bonchev–Trinajstić information content (AvgIpc) is 3.03. The van der Waals surface area contributed by atoms with Crippen LogP contribution in [0.1, 0.15) is 51.6 Å². The molecule has 0 saturated carbocycles. The van der Waals surface area contributed by atoms with Crippen molar-refractivity contribution in [3.8, 4) is 23.0 Å². The van der Waals surface area contributed by atoms with Gasteiger partial charge in [0.2, 0.25) is 0 Å². The second-order valence-electron chi connectivity index (χ2n) is 9.34. The number of Topliss-reactive ketones (excluding diaryl/α,β-unsaturated/α-hetero) is 2. The third-order valence-corrected chi connectivity index (χ3v) is 6.62. The predicted molar refractivity (Wildman–Crippen MR) is 167 cm³/mol. The van der Waals surface area contributed by atoms with Gasteiger partial charge in [0.15, 0.2) is 12.1 Å². The fourth-order valence-corrected chi connectivity index (χ4v) is 4.13. The molecule has 0 aliphatic carbocycles. The van der Waals surface area contributed by atoms with Crippen LogP contribution in [0.5, 0.6) is 23.0 Å². The number of hydrogen-bond donors (Lipinski definition) is 0. The maximum absolute atomic E-state index is 12.3. The molecular weight excluding hydrogens is 591 g/mol. The molecule has 4 rings (SSSR count). The van der Waals surface area contributed by atoms with Crippen LogP contribution in [0.2, 0.25) is 10.0 Å². The van der Waals surface area contributed by atoms with Gasteiger partial charge in [0.25, 0.3) is 0 Å². The second kappa shape index (κ2) is 16.9. The molecule has 0 spiro atoms. The first-order valence-electron chi connectivity index (χ1n) is 13.3. The maximum Gasteiger partial charge on any atom is 0.167 e. The number of methoxy groups -OCH3 is 2. The molecule has 0 amide bonds. The van der Waals surface area contributed by atoms with Gasteiger partial charge in [-0.1, -0.05) is 47.5 Å². The van der Waals surface area contributed by atoms with Crippen LogP contribution in [0.4, 0.5) is 0 Å². The molecule has 0 saturated heterocycles. The first-order chi connectivity index (χ1) is 20.7. The molecule has 0 heterocycles. The van der Waals surface area contributed by atoms with Gasteiger partial charge in [-0.3, -0.25) is 9.59 Å². The normalized spacial score (nSPS) is 10.2. The van der Waals surface area contributed by atoms with Crippen LogP contribution in [-0.4, -0.2) is 32.1 Å². The fraction of sp³-hybridized carbons (Fsp3) is 0.206. The zero-order valence-electron chi connectivity index (χ0n) is 24.1. The van der Waals surface area contributed by atoms with E-state index < -0.39 is 0 Å². The Labute approximate surface area is 261 Å². The van der Waals surface area contributed by atoms with Gasteiger partial charge in [0.05, 0.1) is 25.3 Å². The van der Waals surface area contributed by atoms with E-state index in [-0.39, 0.29) is 24.4 Å². The molecule has 7 nitrogen and oxygen atoms in total. The Balaban J connectivity index is 0.000000242. The van der Waals surface area contributed by atoms with E-state index in [4.69, 9.17) is 42.1 Å². The molecular formula is C34H32Cl2O7. The molecule has 0 aliphatic rings. The van der Waals surface area contributed by atoms with Crippen molar-refractivity contribution in [2.75, 3.05) is 14.2 Å². The van der Waals surface area contributed by atoms with Crippen LogP contribution in [-0.2, 0) is 18.0 Å². The van der Waals surface area contributed by atoms with Crippen molar-refractivity contribution in [1.82, 2.24) is 0 Å². The van der Waals surface area contributed by atoms with Crippen LogP contribution in [0.25, 0.3) is 0 Å². The summed E-state index contributed by atoms with van der Waals surface area (Å²) in [6.07, 6.45) is 1.09. The van der Waals surface area contributed by atoms with Crippen molar-refractivity contribution in [2.24, 2.45) is 0 Å². The molecule has 43 heavy (non-hydrogen) atoms. The van der Waals surface area contributed by atoms with Crippen molar-refractivity contribution in [3.63, 3.8) is 0 Å². The van der Waals surface area contributed by atoms with E-state index in [1.165, 1.54) is 6.92 Å². The number of halogens is 2. The molecule has 0 fully saturated rings. The van der Waals surface area contributed by atoms with E-state index in [0.29, 0.717) is 45.9 Å². The summed E-state index contributed by atoms with van der Waals surface area (Å²) >= 11 is 11.8. The number of ketones is 2. The lowest BCUT2D eigenvalue weighted by Gasteiger charge is -2.12. The van der Waals surface area contributed by atoms with E-state index in [1.54, 1.807) is 50.6 Å².